The van der Waals surface area contributed by atoms with Gasteiger partial charge in [0.25, 0.3) is 0 Å². The van der Waals surface area contributed by atoms with Crippen LogP contribution in [0, 0.1) is 6.92 Å². The van der Waals surface area contributed by atoms with Gasteiger partial charge in [-0.05, 0) is 62.7 Å². The number of hydrogen-bond donors (Lipinski definition) is 2. The lowest BCUT2D eigenvalue weighted by Crippen LogP contribution is -2.40. The van der Waals surface area contributed by atoms with Crippen LogP contribution in [0.25, 0.3) is 0 Å². The van der Waals surface area contributed by atoms with E-state index in [1.54, 1.807) is 0 Å². The third-order valence-corrected chi connectivity index (χ3v) is 6.06. The number of carbonyl (C=O) groups is 3. The molecule has 31 heavy (non-hydrogen) atoms. The standard InChI is InChI=1S/C24H28N4O3/c1-15-4-6-16(7-5-15)20(27(2)3)14-25-23(30)24(31)26-19-12-17-8-9-21(29)28-11-10-18(13-19)22(17)28/h4-7,12-13,20H,8-11,14H2,1-3H3,(H,25,30)(H,26,31). The number of nitrogens with one attached hydrogen (secondary N) is 2. The fraction of sp³-hybridized carbons (Fsp3) is 0.375. The number of benzene rings is 2. The minimum absolute atomic E-state index is 0.0367. The minimum atomic E-state index is -0.685. The fourth-order valence-corrected chi connectivity index (χ4v) is 4.37. The van der Waals surface area contributed by atoms with Crippen LogP contribution in [-0.2, 0) is 27.2 Å². The number of nitrogens with zero attached hydrogens (tertiary/aromatic N) is 2. The van der Waals surface area contributed by atoms with Gasteiger partial charge in [0, 0.05) is 25.2 Å². The summed E-state index contributed by atoms with van der Waals surface area (Å²) in [6, 6.07) is 11.9. The lowest BCUT2D eigenvalue weighted by Gasteiger charge is -2.26. The third-order valence-electron chi connectivity index (χ3n) is 6.06. The van der Waals surface area contributed by atoms with Crippen molar-refractivity contribution in [3.05, 3.63) is 58.7 Å². The monoisotopic (exact) mass is 420 g/mol. The van der Waals surface area contributed by atoms with Crippen LogP contribution in [0.5, 0.6) is 0 Å². The first-order valence-electron chi connectivity index (χ1n) is 10.6. The number of likely N-dealkylation sites (N-methyl/N-ethyl adjacent to an activating group) is 1. The molecule has 1 atom stereocenters. The van der Waals surface area contributed by atoms with Crippen molar-refractivity contribution in [1.29, 1.82) is 0 Å². The van der Waals surface area contributed by atoms with Crippen molar-refractivity contribution in [1.82, 2.24) is 10.2 Å². The molecule has 0 fully saturated rings. The maximum Gasteiger partial charge on any atom is 0.313 e. The van der Waals surface area contributed by atoms with Crippen molar-refractivity contribution in [2.45, 2.75) is 32.2 Å². The molecule has 162 valence electrons. The van der Waals surface area contributed by atoms with Crippen LogP contribution in [0.2, 0.25) is 0 Å². The lowest BCUT2D eigenvalue weighted by molar-refractivity contribution is -0.136. The molecule has 2 N–H and O–H groups in total. The van der Waals surface area contributed by atoms with Gasteiger partial charge in [0.05, 0.1) is 11.7 Å². The molecule has 1 unspecified atom stereocenters. The molecular formula is C24H28N4O3. The molecule has 0 saturated heterocycles. The van der Waals surface area contributed by atoms with E-state index in [-0.39, 0.29) is 11.9 Å². The Morgan fingerprint density at radius 2 is 1.71 bits per heavy atom. The normalized spacial score (nSPS) is 15.6. The van der Waals surface area contributed by atoms with Gasteiger partial charge >= 0.3 is 11.8 Å². The number of amides is 3. The topological polar surface area (TPSA) is 81.8 Å². The largest absolute Gasteiger partial charge is 0.346 e. The predicted molar refractivity (Wildman–Crippen MR) is 120 cm³/mol. The average molecular weight is 421 g/mol. The summed E-state index contributed by atoms with van der Waals surface area (Å²) in [4.78, 5) is 40.9. The van der Waals surface area contributed by atoms with E-state index in [4.69, 9.17) is 0 Å². The Balaban J connectivity index is 1.40. The van der Waals surface area contributed by atoms with Gasteiger partial charge in [0.2, 0.25) is 5.91 Å². The molecule has 0 radical (unpaired) electrons. The van der Waals surface area contributed by atoms with Crippen molar-refractivity contribution in [2.24, 2.45) is 0 Å². The van der Waals surface area contributed by atoms with E-state index in [1.807, 2.05) is 67.2 Å². The molecule has 0 spiro atoms. The summed E-state index contributed by atoms with van der Waals surface area (Å²) in [5, 5.41) is 5.49. The van der Waals surface area contributed by atoms with Crippen molar-refractivity contribution in [3.8, 4) is 0 Å². The molecule has 0 bridgehead atoms. The molecule has 0 aromatic heterocycles. The Hall–Kier alpha value is -3.19. The van der Waals surface area contributed by atoms with Crippen molar-refractivity contribution < 1.29 is 14.4 Å². The first-order valence-corrected chi connectivity index (χ1v) is 10.6. The first kappa shape index (κ1) is 21.1. The van der Waals surface area contributed by atoms with E-state index in [1.165, 1.54) is 5.56 Å². The molecular weight excluding hydrogens is 392 g/mol. The minimum Gasteiger partial charge on any atom is -0.346 e. The second-order valence-electron chi connectivity index (χ2n) is 8.49. The van der Waals surface area contributed by atoms with Crippen LogP contribution in [-0.4, -0.2) is 49.8 Å². The second-order valence-corrected chi connectivity index (χ2v) is 8.49. The van der Waals surface area contributed by atoms with E-state index in [9.17, 15) is 14.4 Å². The summed E-state index contributed by atoms with van der Waals surface area (Å²) in [7, 11) is 3.89. The van der Waals surface area contributed by atoms with Gasteiger partial charge in [-0.2, -0.15) is 0 Å². The highest BCUT2D eigenvalue weighted by molar-refractivity contribution is 6.39. The Labute approximate surface area is 182 Å². The third kappa shape index (κ3) is 4.32. The van der Waals surface area contributed by atoms with Crippen LogP contribution < -0.4 is 15.5 Å². The summed E-state index contributed by atoms with van der Waals surface area (Å²) >= 11 is 0. The lowest BCUT2D eigenvalue weighted by atomic mass is 9.98. The molecule has 0 aliphatic carbocycles. The van der Waals surface area contributed by atoms with E-state index < -0.39 is 11.8 Å². The first-order chi connectivity index (χ1) is 14.8. The van der Waals surface area contributed by atoms with Gasteiger partial charge in [-0.3, -0.25) is 14.4 Å². The van der Waals surface area contributed by atoms with Gasteiger partial charge in [-0.25, -0.2) is 0 Å². The Morgan fingerprint density at radius 1 is 1.03 bits per heavy atom. The maximum atomic E-state index is 12.5. The zero-order valence-electron chi connectivity index (χ0n) is 18.2. The van der Waals surface area contributed by atoms with Crippen LogP contribution in [0.15, 0.2) is 36.4 Å². The highest BCUT2D eigenvalue weighted by Crippen LogP contribution is 2.38. The number of anilines is 2. The van der Waals surface area contributed by atoms with E-state index in [2.05, 4.69) is 10.6 Å². The SMILES string of the molecule is Cc1ccc(C(CNC(=O)C(=O)Nc2cc3c4c(c2)CCN4C(=O)CC3)N(C)C)cc1. The summed E-state index contributed by atoms with van der Waals surface area (Å²) in [5.74, 6) is -1.19. The summed E-state index contributed by atoms with van der Waals surface area (Å²) in [6.07, 6.45) is 1.91. The molecule has 7 nitrogen and oxygen atoms in total. The molecule has 2 aromatic carbocycles. The van der Waals surface area contributed by atoms with Gasteiger partial charge in [-0.15, -0.1) is 0 Å². The number of aryl methyl sites for hydroxylation is 2. The highest BCUT2D eigenvalue weighted by atomic mass is 16.2. The smallest absolute Gasteiger partial charge is 0.313 e. The van der Waals surface area contributed by atoms with Gasteiger partial charge in [0.1, 0.15) is 0 Å². The molecule has 0 saturated carbocycles. The van der Waals surface area contributed by atoms with Crippen LogP contribution in [0.1, 0.15) is 34.7 Å². The van der Waals surface area contributed by atoms with Crippen molar-refractivity contribution >= 4 is 29.1 Å². The predicted octanol–water partition coefficient (Wildman–Crippen LogP) is 2.19. The van der Waals surface area contributed by atoms with E-state index in [0.717, 1.165) is 28.8 Å². The Bertz CT molecular complexity index is 1030. The average Bonchev–Trinajstić information content (AvgIpc) is 3.17. The zero-order chi connectivity index (χ0) is 22.1. The van der Waals surface area contributed by atoms with E-state index in [0.29, 0.717) is 31.6 Å². The van der Waals surface area contributed by atoms with Crippen LogP contribution >= 0.6 is 0 Å². The summed E-state index contributed by atoms with van der Waals surface area (Å²) < 4.78 is 0. The van der Waals surface area contributed by atoms with Gasteiger partial charge in [-0.1, -0.05) is 29.8 Å². The molecule has 7 heteroatoms. The molecule has 2 aliphatic heterocycles. The summed E-state index contributed by atoms with van der Waals surface area (Å²) in [6.45, 7) is 3.04. The fourth-order valence-electron chi connectivity index (χ4n) is 4.37. The van der Waals surface area contributed by atoms with E-state index >= 15 is 0 Å². The Kier molecular flexibility index (Phi) is 5.78. The van der Waals surface area contributed by atoms with Gasteiger partial charge < -0.3 is 20.4 Å². The highest BCUT2D eigenvalue weighted by Gasteiger charge is 2.31. The summed E-state index contributed by atoms with van der Waals surface area (Å²) in [5.41, 5.74) is 5.95. The molecule has 2 heterocycles. The second kappa shape index (κ2) is 8.51. The molecule has 4 rings (SSSR count). The van der Waals surface area contributed by atoms with Gasteiger partial charge in [0.15, 0.2) is 0 Å². The number of carbonyl (C=O) groups excluding carboxylic acids is 3. The van der Waals surface area contributed by atoms with Crippen LogP contribution in [0.3, 0.4) is 0 Å². The zero-order valence-corrected chi connectivity index (χ0v) is 18.2. The van der Waals surface area contributed by atoms with Crippen molar-refractivity contribution in [2.75, 3.05) is 37.4 Å². The molecule has 2 aliphatic rings. The molecule has 3 amide bonds. The van der Waals surface area contributed by atoms with Crippen molar-refractivity contribution in [3.63, 3.8) is 0 Å². The molecule has 2 aromatic rings. The maximum absolute atomic E-state index is 12.5. The number of rotatable bonds is 5. The van der Waals surface area contributed by atoms with Crippen LogP contribution in [0.4, 0.5) is 11.4 Å². The quantitative estimate of drug-likeness (QED) is 0.727. The Morgan fingerprint density at radius 3 is 2.39 bits per heavy atom. The number of hydrogen-bond acceptors (Lipinski definition) is 4.